The fourth-order valence-corrected chi connectivity index (χ4v) is 4.15. The fraction of sp³-hybridized carbons (Fsp3) is 0.280. The zero-order chi connectivity index (χ0) is 21.1. The molecule has 1 heterocycles. The number of nitrogens with zero attached hydrogens (tertiary/aromatic N) is 1. The van der Waals surface area contributed by atoms with E-state index in [0.717, 1.165) is 47.6 Å². The average Bonchev–Trinajstić information content (AvgIpc) is 2.75. The third-order valence-electron chi connectivity index (χ3n) is 5.79. The molecule has 2 aromatic carbocycles. The van der Waals surface area contributed by atoms with E-state index in [1.54, 1.807) is 6.20 Å². The molecule has 1 aliphatic rings. The van der Waals surface area contributed by atoms with Crippen molar-refractivity contribution in [1.29, 1.82) is 0 Å². The SMILES string of the molecule is Nc1ncc2ccc(Cl)cc2c1C#Cc1ccc(C(=O)CC2CCC(N)CC2)cc1. The lowest BCUT2D eigenvalue weighted by atomic mass is 9.82. The number of ketones is 1. The Morgan fingerprint density at radius 2 is 1.80 bits per heavy atom. The molecular formula is C25H24ClN3O. The minimum atomic E-state index is 0.187. The summed E-state index contributed by atoms with van der Waals surface area (Å²) in [6.45, 7) is 0. The molecule has 4 nitrogen and oxygen atoms in total. The lowest BCUT2D eigenvalue weighted by Gasteiger charge is -2.25. The third kappa shape index (κ3) is 4.64. The van der Waals surface area contributed by atoms with Crippen LogP contribution in [-0.2, 0) is 0 Å². The van der Waals surface area contributed by atoms with Crippen LogP contribution in [0.15, 0.2) is 48.7 Å². The molecule has 3 aromatic rings. The number of fused-ring (bicyclic) bond motifs is 1. The molecule has 0 bridgehead atoms. The van der Waals surface area contributed by atoms with Gasteiger partial charge in [-0.05, 0) is 55.9 Å². The molecule has 5 heteroatoms. The zero-order valence-corrected chi connectivity index (χ0v) is 17.5. The summed E-state index contributed by atoms with van der Waals surface area (Å²) in [5, 5.41) is 2.43. The van der Waals surface area contributed by atoms with E-state index in [4.69, 9.17) is 23.1 Å². The Labute approximate surface area is 181 Å². The van der Waals surface area contributed by atoms with E-state index in [1.165, 1.54) is 0 Å². The Bertz CT molecular complexity index is 1130. The van der Waals surface area contributed by atoms with Crippen molar-refractivity contribution in [1.82, 2.24) is 4.98 Å². The second-order valence-electron chi connectivity index (χ2n) is 7.99. The van der Waals surface area contributed by atoms with Gasteiger partial charge in [0.1, 0.15) is 5.82 Å². The van der Waals surface area contributed by atoms with Crippen molar-refractivity contribution >= 4 is 34.0 Å². The molecule has 0 spiro atoms. The maximum absolute atomic E-state index is 12.6. The number of hydrogen-bond acceptors (Lipinski definition) is 4. The highest BCUT2D eigenvalue weighted by molar-refractivity contribution is 6.31. The first-order valence-electron chi connectivity index (χ1n) is 10.2. The number of carbonyl (C=O) groups is 1. The summed E-state index contributed by atoms with van der Waals surface area (Å²) < 4.78 is 0. The number of pyridine rings is 1. The van der Waals surface area contributed by atoms with Crippen LogP contribution in [0.2, 0.25) is 5.02 Å². The number of benzene rings is 2. The van der Waals surface area contributed by atoms with E-state index >= 15 is 0 Å². The fourth-order valence-electron chi connectivity index (χ4n) is 3.98. The number of rotatable bonds is 3. The standard InChI is InChI=1S/C25H24ClN3O/c26-20-9-8-19-15-29-25(28)22(23(19)14-20)12-5-16-1-6-18(7-2-16)24(30)13-17-3-10-21(27)11-4-17/h1-2,6-9,14-15,17,21H,3-4,10-11,13,27H2,(H2,28,29). The van der Waals surface area contributed by atoms with Crippen molar-refractivity contribution < 1.29 is 4.79 Å². The van der Waals surface area contributed by atoms with Gasteiger partial charge in [-0.15, -0.1) is 0 Å². The predicted molar refractivity (Wildman–Crippen MR) is 122 cm³/mol. The number of halogens is 1. The number of hydrogen-bond donors (Lipinski definition) is 2. The average molecular weight is 418 g/mol. The highest BCUT2D eigenvalue weighted by Crippen LogP contribution is 2.27. The number of nitrogens with two attached hydrogens (primary N) is 2. The summed E-state index contributed by atoms with van der Waals surface area (Å²) in [7, 11) is 0. The first-order chi connectivity index (χ1) is 14.5. The van der Waals surface area contributed by atoms with E-state index in [2.05, 4.69) is 16.8 Å². The summed E-state index contributed by atoms with van der Waals surface area (Å²) in [4.78, 5) is 16.8. The number of aromatic nitrogens is 1. The van der Waals surface area contributed by atoms with Crippen molar-refractivity contribution in [3.8, 4) is 11.8 Å². The van der Waals surface area contributed by atoms with Crippen LogP contribution in [0.1, 0.15) is 53.6 Å². The number of nitrogen functional groups attached to an aromatic ring is 1. The van der Waals surface area contributed by atoms with Gasteiger partial charge in [-0.25, -0.2) is 4.98 Å². The lowest BCUT2D eigenvalue weighted by Crippen LogP contribution is -2.27. The van der Waals surface area contributed by atoms with Gasteiger partial charge in [0.15, 0.2) is 5.78 Å². The minimum Gasteiger partial charge on any atom is -0.383 e. The molecule has 1 fully saturated rings. The molecule has 1 aliphatic carbocycles. The second-order valence-corrected chi connectivity index (χ2v) is 8.42. The van der Waals surface area contributed by atoms with Gasteiger partial charge in [0.05, 0.1) is 5.56 Å². The largest absolute Gasteiger partial charge is 0.383 e. The van der Waals surface area contributed by atoms with Gasteiger partial charge in [-0.1, -0.05) is 41.6 Å². The summed E-state index contributed by atoms with van der Waals surface area (Å²) in [5.74, 6) is 7.26. The van der Waals surface area contributed by atoms with Crippen molar-refractivity contribution in [2.75, 3.05) is 5.73 Å². The Morgan fingerprint density at radius 3 is 2.53 bits per heavy atom. The zero-order valence-electron chi connectivity index (χ0n) is 16.7. The predicted octanol–water partition coefficient (Wildman–Crippen LogP) is 4.96. The normalized spacial score (nSPS) is 18.6. The third-order valence-corrected chi connectivity index (χ3v) is 6.02. The van der Waals surface area contributed by atoms with Crippen molar-refractivity contribution in [3.63, 3.8) is 0 Å². The first-order valence-corrected chi connectivity index (χ1v) is 10.6. The van der Waals surface area contributed by atoms with Crippen LogP contribution in [-0.4, -0.2) is 16.8 Å². The molecule has 0 unspecified atom stereocenters. The number of anilines is 1. The van der Waals surface area contributed by atoms with E-state index < -0.39 is 0 Å². The number of Topliss-reactive ketones (excluding diaryl/α,β-unsaturated/α-hetero) is 1. The van der Waals surface area contributed by atoms with E-state index in [9.17, 15) is 4.79 Å². The van der Waals surface area contributed by atoms with Crippen molar-refractivity contribution in [2.24, 2.45) is 11.7 Å². The van der Waals surface area contributed by atoms with Crippen LogP contribution in [0.25, 0.3) is 10.8 Å². The van der Waals surface area contributed by atoms with E-state index in [0.29, 0.717) is 34.8 Å². The van der Waals surface area contributed by atoms with Crippen LogP contribution in [0, 0.1) is 17.8 Å². The summed E-state index contributed by atoms with van der Waals surface area (Å²) in [6, 6.07) is 13.3. The monoisotopic (exact) mass is 417 g/mol. The Balaban J connectivity index is 1.51. The van der Waals surface area contributed by atoms with E-state index in [-0.39, 0.29) is 5.78 Å². The molecule has 1 aromatic heterocycles. The van der Waals surface area contributed by atoms with Gasteiger partial charge in [-0.3, -0.25) is 4.79 Å². The Hall–Kier alpha value is -2.87. The number of carbonyl (C=O) groups excluding carboxylic acids is 1. The van der Waals surface area contributed by atoms with Gasteiger partial charge in [-0.2, -0.15) is 0 Å². The molecule has 0 atom stereocenters. The molecular weight excluding hydrogens is 394 g/mol. The van der Waals surface area contributed by atoms with Gasteiger partial charge in [0.2, 0.25) is 0 Å². The molecule has 0 radical (unpaired) electrons. The minimum absolute atomic E-state index is 0.187. The van der Waals surface area contributed by atoms with Crippen LogP contribution in [0.3, 0.4) is 0 Å². The van der Waals surface area contributed by atoms with Gasteiger partial charge >= 0.3 is 0 Å². The topological polar surface area (TPSA) is 82.0 Å². The van der Waals surface area contributed by atoms with Crippen LogP contribution in [0.5, 0.6) is 0 Å². The highest BCUT2D eigenvalue weighted by atomic mass is 35.5. The van der Waals surface area contributed by atoms with E-state index in [1.807, 2.05) is 42.5 Å². The Kier molecular flexibility index (Phi) is 6.03. The smallest absolute Gasteiger partial charge is 0.163 e. The molecule has 0 amide bonds. The molecule has 4 N–H and O–H groups in total. The van der Waals surface area contributed by atoms with Crippen LogP contribution >= 0.6 is 11.6 Å². The lowest BCUT2D eigenvalue weighted by molar-refractivity contribution is 0.0948. The summed E-state index contributed by atoms with van der Waals surface area (Å²) >= 11 is 6.14. The second kappa shape index (κ2) is 8.87. The quantitative estimate of drug-likeness (QED) is 0.466. The Morgan fingerprint density at radius 1 is 1.07 bits per heavy atom. The van der Waals surface area contributed by atoms with Crippen LogP contribution < -0.4 is 11.5 Å². The van der Waals surface area contributed by atoms with Gasteiger partial charge < -0.3 is 11.5 Å². The molecule has 4 rings (SSSR count). The summed E-state index contributed by atoms with van der Waals surface area (Å²) in [5.41, 5.74) is 14.2. The molecule has 0 saturated heterocycles. The molecule has 30 heavy (non-hydrogen) atoms. The van der Waals surface area contributed by atoms with Gasteiger partial charge in [0, 0.05) is 45.6 Å². The molecule has 0 aliphatic heterocycles. The molecule has 1 saturated carbocycles. The van der Waals surface area contributed by atoms with Crippen LogP contribution in [0.4, 0.5) is 5.82 Å². The summed E-state index contributed by atoms with van der Waals surface area (Å²) in [6.07, 6.45) is 6.43. The molecule has 152 valence electrons. The first kappa shape index (κ1) is 20.4. The maximum atomic E-state index is 12.6. The highest BCUT2D eigenvalue weighted by Gasteiger charge is 2.21. The van der Waals surface area contributed by atoms with Crippen molar-refractivity contribution in [2.45, 2.75) is 38.1 Å². The van der Waals surface area contributed by atoms with Crippen molar-refractivity contribution in [3.05, 3.63) is 70.4 Å². The van der Waals surface area contributed by atoms with Gasteiger partial charge in [0.25, 0.3) is 0 Å². The maximum Gasteiger partial charge on any atom is 0.163 e.